The van der Waals surface area contributed by atoms with Crippen LogP contribution in [0.3, 0.4) is 0 Å². The van der Waals surface area contributed by atoms with E-state index >= 15 is 0 Å². The van der Waals surface area contributed by atoms with Gasteiger partial charge in [0.15, 0.2) is 0 Å². The van der Waals surface area contributed by atoms with Crippen molar-refractivity contribution in [2.45, 2.75) is 49.4 Å². The standard InChI is InChI=1S/C104H84N2O2/c1-3-75-37-63-93(64-38-75)107-71-23-21-69-103(85-29-13-7-14-30-85)99-35-19-17-33-95(99)97-67-49-83(73-101(97)103)81-45-55-89(56-46-81)106(92-61-59-91(60-62-92)105(87-51-41-79(42-52-87)77-25-9-5-10-26-77)88-53-43-80(44-54-88)78-27-11-6-12-28-78)90-57-47-82(48-58-90)84-50-68-98-96-34-18-20-36-100(96)104(102(98)74-84,86-31-15-8-16-32-86)70-22-24-72-108-94-65-39-76(4-2)40-66-94/h3-20,25-68,73-74H,1-2,21-24,69-72H2. The zero-order valence-electron chi connectivity index (χ0n) is 60.7. The predicted octanol–water partition coefficient (Wildman–Crippen LogP) is 27.7. The number of rotatable bonds is 26. The van der Waals surface area contributed by atoms with Crippen molar-refractivity contribution in [2.24, 2.45) is 0 Å². The third kappa shape index (κ3) is 13.3. The van der Waals surface area contributed by atoms with Gasteiger partial charge >= 0.3 is 0 Å². The number of hydrogen-bond acceptors (Lipinski definition) is 4. The second-order valence-corrected chi connectivity index (χ2v) is 28.4. The lowest BCUT2D eigenvalue weighted by Crippen LogP contribution is -2.27. The van der Waals surface area contributed by atoms with E-state index in [-0.39, 0.29) is 10.8 Å². The lowest BCUT2D eigenvalue weighted by Gasteiger charge is -2.33. The van der Waals surface area contributed by atoms with Crippen LogP contribution in [0.2, 0.25) is 0 Å². The molecule has 15 aromatic carbocycles. The summed E-state index contributed by atoms with van der Waals surface area (Å²) >= 11 is 0. The van der Waals surface area contributed by atoms with Gasteiger partial charge in [-0.3, -0.25) is 0 Å². The van der Waals surface area contributed by atoms with Gasteiger partial charge in [-0.05, 0) is 259 Å². The molecule has 17 rings (SSSR count). The minimum atomic E-state index is -0.359. The second kappa shape index (κ2) is 30.6. The normalized spacial score (nSPS) is 14.4. The van der Waals surface area contributed by atoms with Crippen LogP contribution in [0.5, 0.6) is 11.5 Å². The van der Waals surface area contributed by atoms with Gasteiger partial charge in [0.25, 0.3) is 0 Å². The summed E-state index contributed by atoms with van der Waals surface area (Å²) in [6.07, 6.45) is 9.41. The maximum atomic E-state index is 6.33. The van der Waals surface area contributed by atoms with Crippen LogP contribution in [-0.4, -0.2) is 13.2 Å². The molecule has 2 atom stereocenters. The van der Waals surface area contributed by atoms with Gasteiger partial charge in [0.2, 0.25) is 0 Å². The van der Waals surface area contributed by atoms with Crippen molar-refractivity contribution >= 4 is 46.3 Å². The Labute approximate surface area is 636 Å². The summed E-state index contributed by atoms with van der Waals surface area (Å²) in [7, 11) is 0. The number of benzene rings is 15. The van der Waals surface area contributed by atoms with E-state index in [0.29, 0.717) is 13.2 Å². The molecule has 0 radical (unpaired) electrons. The van der Waals surface area contributed by atoms with E-state index in [9.17, 15) is 0 Å². The molecule has 0 N–H and O–H groups in total. The smallest absolute Gasteiger partial charge is 0.119 e. The minimum absolute atomic E-state index is 0.359. The predicted molar refractivity (Wildman–Crippen MR) is 453 cm³/mol. The molecular weight excluding hydrogens is 1310 g/mol. The molecule has 0 heterocycles. The first-order valence-corrected chi connectivity index (χ1v) is 38.0. The van der Waals surface area contributed by atoms with Gasteiger partial charge in [-0.15, -0.1) is 0 Å². The Bertz CT molecular complexity index is 5280. The zero-order valence-corrected chi connectivity index (χ0v) is 60.7. The van der Waals surface area contributed by atoms with Crippen LogP contribution in [-0.2, 0) is 10.8 Å². The molecular formula is C104H84N2O2. The first-order chi connectivity index (χ1) is 53.4. The molecule has 2 aliphatic rings. The van der Waals surface area contributed by atoms with Gasteiger partial charge in [0.1, 0.15) is 11.5 Å². The number of nitrogens with zero attached hydrogens (tertiary/aromatic N) is 2. The third-order valence-corrected chi connectivity index (χ3v) is 22.3. The molecule has 0 aliphatic heterocycles. The Morgan fingerprint density at radius 3 is 0.843 bits per heavy atom. The van der Waals surface area contributed by atoms with E-state index in [1.165, 1.54) is 89.0 Å². The monoisotopic (exact) mass is 1390 g/mol. The van der Waals surface area contributed by atoms with E-state index in [1.54, 1.807) is 0 Å². The maximum absolute atomic E-state index is 6.33. The SMILES string of the molecule is C=Cc1ccc(OCCCCC2(c3ccccc3)c3ccccc3-c3ccc(-c4ccc(N(c5ccc(-c6ccc7c(c6)C(CCCCOc6ccc(C=C)cc6)(c6ccccc6)c6ccccc6-7)cc5)c5ccc(N(c6ccc(-c7ccccc7)cc6)c6ccc(-c7ccccc7)cc6)cc5)cc4)cc32)cc1. The fraction of sp³-hybridized carbons (Fsp3) is 0.0962. The lowest BCUT2D eigenvalue weighted by molar-refractivity contribution is 0.301. The number of hydrogen-bond donors (Lipinski definition) is 0. The molecule has 0 bridgehead atoms. The van der Waals surface area contributed by atoms with Crippen LogP contribution in [0, 0.1) is 0 Å². The quantitative estimate of drug-likeness (QED) is 0.0505. The van der Waals surface area contributed by atoms with Crippen LogP contribution in [0.15, 0.2) is 389 Å². The number of fused-ring (bicyclic) bond motifs is 6. The van der Waals surface area contributed by atoms with Gasteiger partial charge in [-0.25, -0.2) is 0 Å². The summed E-state index contributed by atoms with van der Waals surface area (Å²) in [5.41, 5.74) is 30.4. The van der Waals surface area contributed by atoms with Crippen molar-refractivity contribution < 1.29 is 9.47 Å². The topological polar surface area (TPSA) is 24.9 Å². The van der Waals surface area contributed by atoms with Crippen LogP contribution in [0.4, 0.5) is 34.1 Å². The summed E-state index contributed by atoms with van der Waals surface area (Å²) in [5.74, 6) is 1.77. The van der Waals surface area contributed by atoms with Crippen molar-refractivity contribution in [1.29, 1.82) is 0 Å². The Kier molecular flexibility index (Phi) is 19.3. The third-order valence-electron chi connectivity index (χ3n) is 22.3. The molecule has 108 heavy (non-hydrogen) atoms. The molecule has 4 heteroatoms. The van der Waals surface area contributed by atoms with E-state index in [4.69, 9.17) is 9.47 Å². The summed E-state index contributed by atoms with van der Waals surface area (Å²) in [6, 6.07) is 138. The molecule has 2 aliphatic carbocycles. The van der Waals surface area contributed by atoms with Gasteiger partial charge < -0.3 is 19.3 Å². The number of anilines is 6. The van der Waals surface area contributed by atoms with Gasteiger partial charge in [-0.2, -0.15) is 0 Å². The highest BCUT2D eigenvalue weighted by Crippen LogP contribution is 2.58. The molecule has 15 aromatic rings. The molecule has 4 nitrogen and oxygen atoms in total. The molecule has 0 aromatic heterocycles. The highest BCUT2D eigenvalue weighted by molar-refractivity contribution is 5.90. The number of unbranched alkanes of at least 4 members (excludes halogenated alkanes) is 2. The van der Waals surface area contributed by atoms with E-state index in [2.05, 4.69) is 375 Å². The molecule has 2 unspecified atom stereocenters. The summed E-state index contributed by atoms with van der Waals surface area (Å²) in [4.78, 5) is 4.77. The van der Waals surface area contributed by atoms with Crippen LogP contribution in [0.1, 0.15) is 83.0 Å². The van der Waals surface area contributed by atoms with Crippen molar-refractivity contribution in [3.05, 3.63) is 434 Å². The Morgan fingerprint density at radius 1 is 0.241 bits per heavy atom. The Balaban J connectivity index is 0.727. The lowest BCUT2D eigenvalue weighted by atomic mass is 9.69. The van der Waals surface area contributed by atoms with Gasteiger partial charge in [-0.1, -0.05) is 292 Å². The Morgan fingerprint density at radius 2 is 0.509 bits per heavy atom. The molecule has 0 saturated carbocycles. The minimum Gasteiger partial charge on any atom is -0.494 e. The van der Waals surface area contributed by atoms with Gasteiger partial charge in [0, 0.05) is 45.0 Å². The second-order valence-electron chi connectivity index (χ2n) is 28.4. The molecule has 0 saturated heterocycles. The first-order valence-electron chi connectivity index (χ1n) is 38.0. The van der Waals surface area contributed by atoms with Crippen LogP contribution in [0.25, 0.3) is 78.9 Å². The van der Waals surface area contributed by atoms with E-state index in [1.807, 2.05) is 36.4 Å². The van der Waals surface area contributed by atoms with Crippen molar-refractivity contribution in [3.8, 4) is 78.3 Å². The molecule has 0 amide bonds. The highest BCUT2D eigenvalue weighted by atomic mass is 16.5. The fourth-order valence-electron chi connectivity index (χ4n) is 16.9. The van der Waals surface area contributed by atoms with Crippen molar-refractivity contribution in [1.82, 2.24) is 0 Å². The molecule has 0 fully saturated rings. The first kappa shape index (κ1) is 68.1. The highest BCUT2D eigenvalue weighted by Gasteiger charge is 2.46. The van der Waals surface area contributed by atoms with E-state index in [0.717, 1.165) is 106 Å². The largest absolute Gasteiger partial charge is 0.494 e. The maximum Gasteiger partial charge on any atom is 0.119 e. The van der Waals surface area contributed by atoms with Crippen LogP contribution < -0.4 is 19.3 Å². The van der Waals surface area contributed by atoms with Crippen molar-refractivity contribution in [2.75, 3.05) is 23.0 Å². The van der Waals surface area contributed by atoms with Crippen molar-refractivity contribution in [3.63, 3.8) is 0 Å². The number of ether oxygens (including phenoxy) is 2. The van der Waals surface area contributed by atoms with E-state index < -0.39 is 0 Å². The zero-order chi connectivity index (χ0) is 72.6. The average Bonchev–Trinajstić information content (AvgIpc) is 1.56. The molecule has 0 spiro atoms. The summed E-state index contributed by atoms with van der Waals surface area (Å²) in [5, 5.41) is 0. The fourth-order valence-corrected chi connectivity index (χ4v) is 16.9. The van der Waals surface area contributed by atoms with Crippen LogP contribution >= 0.6 is 0 Å². The summed E-state index contributed by atoms with van der Waals surface area (Å²) < 4.78 is 12.7. The summed E-state index contributed by atoms with van der Waals surface area (Å²) in [6.45, 7) is 9.15. The average molecular weight is 1390 g/mol. The van der Waals surface area contributed by atoms with Gasteiger partial charge in [0.05, 0.1) is 13.2 Å². The molecule has 522 valence electrons. The Hall–Kier alpha value is -13.0.